The van der Waals surface area contributed by atoms with Gasteiger partial charge in [0, 0.05) is 17.3 Å². The number of benzene rings is 2. The largest absolute Gasteiger partial charge is 0.497 e. The lowest BCUT2D eigenvalue weighted by Crippen LogP contribution is -2.24. The second kappa shape index (κ2) is 10.1. The zero-order valence-corrected chi connectivity index (χ0v) is 15.0. The van der Waals surface area contributed by atoms with Crippen molar-refractivity contribution in [1.82, 2.24) is 5.32 Å². The molecule has 0 heterocycles. The van der Waals surface area contributed by atoms with Crippen molar-refractivity contribution in [3.05, 3.63) is 59.1 Å². The van der Waals surface area contributed by atoms with Gasteiger partial charge in [0.1, 0.15) is 11.5 Å². The number of carbonyl (C=O) groups is 1. The SMILES string of the molecule is COc1ccc(OCCSCC(=O)NCc2ccc(Cl)cc2)cc1. The van der Waals surface area contributed by atoms with E-state index in [4.69, 9.17) is 21.1 Å². The van der Waals surface area contributed by atoms with Crippen LogP contribution in [0.5, 0.6) is 11.5 Å². The molecule has 4 nitrogen and oxygen atoms in total. The van der Waals surface area contributed by atoms with Crippen molar-refractivity contribution in [3.63, 3.8) is 0 Å². The van der Waals surface area contributed by atoms with Crippen LogP contribution in [-0.2, 0) is 11.3 Å². The number of rotatable bonds is 9. The standard InChI is InChI=1S/C18H20ClNO3S/c1-22-16-6-8-17(9-7-16)23-10-11-24-13-18(21)20-12-14-2-4-15(19)5-3-14/h2-9H,10-13H2,1H3,(H,20,21). The normalized spacial score (nSPS) is 10.2. The van der Waals surface area contributed by atoms with Crippen molar-refractivity contribution in [1.29, 1.82) is 0 Å². The highest BCUT2D eigenvalue weighted by Gasteiger charge is 2.02. The maximum atomic E-state index is 11.8. The molecule has 2 aromatic carbocycles. The molecule has 0 fully saturated rings. The third-order valence-corrected chi connectivity index (χ3v) is 4.37. The number of methoxy groups -OCH3 is 1. The molecular weight excluding hydrogens is 346 g/mol. The lowest BCUT2D eigenvalue weighted by molar-refractivity contribution is -0.118. The van der Waals surface area contributed by atoms with Crippen LogP contribution in [0, 0.1) is 0 Å². The number of hydrogen-bond donors (Lipinski definition) is 1. The molecule has 128 valence electrons. The van der Waals surface area contributed by atoms with Gasteiger partial charge >= 0.3 is 0 Å². The van der Waals surface area contributed by atoms with E-state index >= 15 is 0 Å². The van der Waals surface area contributed by atoms with Crippen LogP contribution in [0.2, 0.25) is 5.02 Å². The van der Waals surface area contributed by atoms with Gasteiger partial charge in [-0.1, -0.05) is 23.7 Å². The Morgan fingerprint density at radius 1 is 1.08 bits per heavy atom. The zero-order chi connectivity index (χ0) is 17.2. The van der Waals surface area contributed by atoms with Crippen LogP contribution in [-0.4, -0.2) is 31.1 Å². The minimum absolute atomic E-state index is 0.0133. The number of thioether (sulfide) groups is 1. The minimum atomic E-state index is 0.0133. The van der Waals surface area contributed by atoms with Crippen LogP contribution in [0.25, 0.3) is 0 Å². The quantitative estimate of drug-likeness (QED) is 0.687. The van der Waals surface area contributed by atoms with E-state index in [0.717, 1.165) is 22.8 Å². The van der Waals surface area contributed by atoms with Crippen LogP contribution in [0.3, 0.4) is 0 Å². The molecule has 0 saturated heterocycles. The average molecular weight is 366 g/mol. The summed E-state index contributed by atoms with van der Waals surface area (Å²) in [7, 11) is 1.63. The fraction of sp³-hybridized carbons (Fsp3) is 0.278. The Morgan fingerprint density at radius 3 is 2.42 bits per heavy atom. The van der Waals surface area contributed by atoms with Gasteiger partial charge in [-0.3, -0.25) is 4.79 Å². The molecular formula is C18H20ClNO3S. The fourth-order valence-corrected chi connectivity index (χ4v) is 2.67. The lowest BCUT2D eigenvalue weighted by Gasteiger charge is -2.08. The van der Waals surface area contributed by atoms with Crippen molar-refractivity contribution in [2.24, 2.45) is 0 Å². The first kappa shape index (κ1) is 18.5. The Morgan fingerprint density at radius 2 is 1.75 bits per heavy atom. The molecule has 0 spiro atoms. The molecule has 0 bridgehead atoms. The Kier molecular flexibility index (Phi) is 7.79. The van der Waals surface area contributed by atoms with Crippen LogP contribution < -0.4 is 14.8 Å². The molecule has 0 aliphatic heterocycles. The second-order valence-corrected chi connectivity index (χ2v) is 6.52. The Labute approximate surface area is 151 Å². The number of ether oxygens (including phenoxy) is 2. The molecule has 0 aromatic heterocycles. The van der Waals surface area contributed by atoms with E-state index in [9.17, 15) is 4.79 Å². The maximum Gasteiger partial charge on any atom is 0.230 e. The highest BCUT2D eigenvalue weighted by atomic mass is 35.5. The van der Waals surface area contributed by atoms with Crippen LogP contribution in [0.1, 0.15) is 5.56 Å². The van der Waals surface area contributed by atoms with E-state index < -0.39 is 0 Å². The summed E-state index contributed by atoms with van der Waals surface area (Å²) in [5, 5.41) is 3.57. The fourth-order valence-electron chi connectivity index (χ4n) is 1.91. The second-order valence-electron chi connectivity index (χ2n) is 4.98. The third kappa shape index (κ3) is 6.72. The molecule has 2 rings (SSSR count). The number of halogens is 1. The van der Waals surface area contributed by atoms with E-state index in [-0.39, 0.29) is 5.91 Å². The van der Waals surface area contributed by atoms with E-state index in [1.165, 1.54) is 0 Å². The van der Waals surface area contributed by atoms with Crippen LogP contribution in [0.15, 0.2) is 48.5 Å². The molecule has 0 aliphatic carbocycles. The number of hydrogen-bond acceptors (Lipinski definition) is 4. The number of nitrogens with one attached hydrogen (secondary N) is 1. The lowest BCUT2D eigenvalue weighted by atomic mass is 10.2. The van der Waals surface area contributed by atoms with E-state index in [2.05, 4.69) is 5.32 Å². The van der Waals surface area contributed by atoms with Gasteiger partial charge in [0.15, 0.2) is 0 Å². The highest BCUT2D eigenvalue weighted by molar-refractivity contribution is 7.99. The van der Waals surface area contributed by atoms with E-state index in [1.807, 2.05) is 48.5 Å². The molecule has 1 amide bonds. The Bertz CT molecular complexity index is 632. The summed E-state index contributed by atoms with van der Waals surface area (Å²) in [6.45, 7) is 1.07. The predicted octanol–water partition coefficient (Wildman–Crippen LogP) is 3.78. The summed E-state index contributed by atoms with van der Waals surface area (Å²) in [6.07, 6.45) is 0. The number of carbonyl (C=O) groups excluding carboxylic acids is 1. The van der Waals surface area contributed by atoms with Crippen molar-refractivity contribution in [2.75, 3.05) is 25.2 Å². The summed E-state index contributed by atoms with van der Waals surface area (Å²) in [5.74, 6) is 2.78. The van der Waals surface area contributed by atoms with Gasteiger partial charge in [0.05, 0.1) is 19.5 Å². The molecule has 0 saturated carbocycles. The molecule has 0 aliphatic rings. The minimum Gasteiger partial charge on any atom is -0.497 e. The Balaban J connectivity index is 1.56. The van der Waals surface area contributed by atoms with Gasteiger partial charge in [-0.25, -0.2) is 0 Å². The monoisotopic (exact) mass is 365 g/mol. The van der Waals surface area contributed by atoms with Crippen molar-refractivity contribution in [2.45, 2.75) is 6.54 Å². The average Bonchev–Trinajstić information content (AvgIpc) is 2.61. The van der Waals surface area contributed by atoms with Crippen molar-refractivity contribution < 1.29 is 14.3 Å². The molecule has 2 aromatic rings. The Hall–Kier alpha value is -1.85. The van der Waals surface area contributed by atoms with E-state index in [0.29, 0.717) is 23.9 Å². The molecule has 1 N–H and O–H groups in total. The van der Waals surface area contributed by atoms with Crippen LogP contribution >= 0.6 is 23.4 Å². The predicted molar refractivity (Wildman–Crippen MR) is 99.1 cm³/mol. The summed E-state index contributed by atoms with van der Waals surface area (Å²) in [5.41, 5.74) is 1.03. The van der Waals surface area contributed by atoms with Crippen molar-refractivity contribution in [3.8, 4) is 11.5 Å². The van der Waals surface area contributed by atoms with Gasteiger partial charge < -0.3 is 14.8 Å². The summed E-state index contributed by atoms with van der Waals surface area (Å²) in [6, 6.07) is 14.9. The van der Waals surface area contributed by atoms with E-state index in [1.54, 1.807) is 18.9 Å². The van der Waals surface area contributed by atoms with Gasteiger partial charge in [0.25, 0.3) is 0 Å². The van der Waals surface area contributed by atoms with Gasteiger partial charge in [-0.15, -0.1) is 11.8 Å². The molecule has 6 heteroatoms. The zero-order valence-electron chi connectivity index (χ0n) is 13.5. The summed E-state index contributed by atoms with van der Waals surface area (Å²) in [4.78, 5) is 11.8. The smallest absolute Gasteiger partial charge is 0.230 e. The number of amides is 1. The molecule has 0 unspecified atom stereocenters. The third-order valence-electron chi connectivity index (χ3n) is 3.19. The first-order valence-corrected chi connectivity index (χ1v) is 9.06. The first-order valence-electron chi connectivity index (χ1n) is 7.53. The molecule has 24 heavy (non-hydrogen) atoms. The molecule has 0 radical (unpaired) electrons. The summed E-state index contributed by atoms with van der Waals surface area (Å²) >= 11 is 7.37. The van der Waals surface area contributed by atoms with Crippen LogP contribution in [0.4, 0.5) is 0 Å². The summed E-state index contributed by atoms with van der Waals surface area (Å²) < 4.78 is 10.7. The van der Waals surface area contributed by atoms with Gasteiger partial charge in [-0.2, -0.15) is 0 Å². The van der Waals surface area contributed by atoms with Crippen molar-refractivity contribution >= 4 is 29.3 Å². The van der Waals surface area contributed by atoms with Gasteiger partial charge in [0.2, 0.25) is 5.91 Å². The maximum absolute atomic E-state index is 11.8. The first-order chi connectivity index (χ1) is 11.7. The molecule has 0 atom stereocenters. The topological polar surface area (TPSA) is 47.6 Å². The highest BCUT2D eigenvalue weighted by Crippen LogP contribution is 2.17. The van der Waals surface area contributed by atoms with Gasteiger partial charge in [-0.05, 0) is 42.0 Å².